The van der Waals surface area contributed by atoms with Crippen LogP contribution in [0.25, 0.3) is 0 Å². The molecule has 16 heavy (non-hydrogen) atoms. The molecule has 0 aromatic carbocycles. The van der Waals surface area contributed by atoms with Crippen molar-refractivity contribution in [3.63, 3.8) is 0 Å². The van der Waals surface area contributed by atoms with Crippen molar-refractivity contribution in [3.8, 4) is 0 Å². The standard InChI is InChI=1S/C6H8N2O8/c9-6(10)3-1-4(15-7(11)12)5(2-3)16-8(13)14/h3-5H,1-2H2,(H,9,10). The quantitative estimate of drug-likeness (QED) is 0.503. The van der Waals surface area contributed by atoms with Gasteiger partial charge in [0.05, 0.1) is 5.92 Å². The largest absolute Gasteiger partial charge is 0.481 e. The van der Waals surface area contributed by atoms with Crippen LogP contribution in [0.15, 0.2) is 0 Å². The van der Waals surface area contributed by atoms with Crippen molar-refractivity contribution < 1.29 is 29.7 Å². The summed E-state index contributed by atoms with van der Waals surface area (Å²) >= 11 is 0. The molecule has 1 aliphatic rings. The molecule has 90 valence electrons. The molecule has 0 amide bonds. The van der Waals surface area contributed by atoms with Gasteiger partial charge in [-0.05, 0) is 12.8 Å². The maximum Gasteiger partial charge on any atom is 0.306 e. The Bertz CT molecular complexity index is 294. The average molecular weight is 236 g/mol. The number of carboxylic acids is 1. The molecule has 10 nitrogen and oxygen atoms in total. The Labute approximate surface area is 88.0 Å². The molecule has 0 radical (unpaired) electrons. The van der Waals surface area contributed by atoms with Gasteiger partial charge in [-0.2, -0.15) is 0 Å². The van der Waals surface area contributed by atoms with E-state index >= 15 is 0 Å². The van der Waals surface area contributed by atoms with E-state index in [0.29, 0.717) is 0 Å². The summed E-state index contributed by atoms with van der Waals surface area (Å²) in [7, 11) is 0. The summed E-state index contributed by atoms with van der Waals surface area (Å²) in [5.41, 5.74) is 0. The molecule has 0 heterocycles. The zero-order valence-corrected chi connectivity index (χ0v) is 7.85. The first-order chi connectivity index (χ1) is 7.40. The van der Waals surface area contributed by atoms with E-state index in [2.05, 4.69) is 9.68 Å². The van der Waals surface area contributed by atoms with Crippen molar-refractivity contribution in [1.29, 1.82) is 0 Å². The monoisotopic (exact) mass is 236 g/mol. The number of carbonyl (C=O) groups is 1. The van der Waals surface area contributed by atoms with E-state index in [0.717, 1.165) is 0 Å². The first kappa shape index (κ1) is 11.9. The average Bonchev–Trinajstić information content (AvgIpc) is 2.46. The Morgan fingerprint density at radius 1 is 1.12 bits per heavy atom. The summed E-state index contributed by atoms with van der Waals surface area (Å²) in [5.74, 6) is -2.12. The van der Waals surface area contributed by atoms with Crippen molar-refractivity contribution in [3.05, 3.63) is 20.2 Å². The number of hydrogen-bond donors (Lipinski definition) is 1. The molecule has 2 unspecified atom stereocenters. The number of nitrogens with zero attached hydrogens (tertiary/aromatic N) is 2. The molecule has 0 saturated heterocycles. The maximum absolute atomic E-state index is 10.6. The fourth-order valence-corrected chi connectivity index (χ4v) is 1.61. The first-order valence-corrected chi connectivity index (χ1v) is 4.25. The van der Waals surface area contributed by atoms with Crippen LogP contribution in [0.4, 0.5) is 0 Å². The lowest BCUT2D eigenvalue weighted by atomic mass is 10.1. The predicted octanol–water partition coefficient (Wildman–Crippen LogP) is -0.365. The van der Waals surface area contributed by atoms with Crippen LogP contribution in [0.1, 0.15) is 12.8 Å². The van der Waals surface area contributed by atoms with Crippen LogP contribution in [0.2, 0.25) is 0 Å². The highest BCUT2D eigenvalue weighted by molar-refractivity contribution is 5.70. The van der Waals surface area contributed by atoms with Gasteiger partial charge in [0.15, 0.2) is 0 Å². The molecule has 1 fully saturated rings. The predicted molar refractivity (Wildman–Crippen MR) is 44.1 cm³/mol. The summed E-state index contributed by atoms with van der Waals surface area (Å²) in [6.45, 7) is 0. The highest BCUT2D eigenvalue weighted by Crippen LogP contribution is 2.30. The Hall–Kier alpha value is -2.13. The topological polar surface area (TPSA) is 142 Å². The van der Waals surface area contributed by atoms with Crippen LogP contribution >= 0.6 is 0 Å². The van der Waals surface area contributed by atoms with E-state index < -0.39 is 34.3 Å². The van der Waals surface area contributed by atoms with E-state index in [1.165, 1.54) is 0 Å². The third-order valence-electron chi connectivity index (χ3n) is 2.24. The molecular weight excluding hydrogens is 228 g/mol. The van der Waals surface area contributed by atoms with Gasteiger partial charge in [-0.1, -0.05) is 0 Å². The zero-order valence-electron chi connectivity index (χ0n) is 7.85. The van der Waals surface area contributed by atoms with Crippen molar-refractivity contribution in [2.45, 2.75) is 25.0 Å². The number of rotatable bonds is 5. The number of hydrogen-bond acceptors (Lipinski definition) is 7. The molecule has 0 aromatic heterocycles. The van der Waals surface area contributed by atoms with Crippen LogP contribution in [0.3, 0.4) is 0 Å². The molecule has 1 N–H and O–H groups in total. The molecule has 10 heteroatoms. The molecule has 0 spiro atoms. The maximum atomic E-state index is 10.6. The van der Waals surface area contributed by atoms with Gasteiger partial charge in [-0.25, -0.2) is 0 Å². The molecule has 0 aliphatic heterocycles. The molecule has 1 aliphatic carbocycles. The summed E-state index contributed by atoms with van der Waals surface area (Å²) in [6.07, 6.45) is -2.81. The second kappa shape index (κ2) is 4.59. The summed E-state index contributed by atoms with van der Waals surface area (Å²) in [6, 6.07) is 0. The Morgan fingerprint density at radius 2 is 1.50 bits per heavy atom. The van der Waals surface area contributed by atoms with Crippen molar-refractivity contribution in [2.24, 2.45) is 5.92 Å². The third kappa shape index (κ3) is 2.93. The SMILES string of the molecule is O=C(O)C1CC(O[N+](=O)[O-])C(O[N+](=O)[O-])C1. The Morgan fingerprint density at radius 3 is 1.75 bits per heavy atom. The van der Waals surface area contributed by atoms with E-state index in [1.807, 2.05) is 0 Å². The van der Waals surface area contributed by atoms with Gasteiger partial charge in [-0.15, -0.1) is 20.2 Å². The smallest absolute Gasteiger partial charge is 0.306 e. The summed E-state index contributed by atoms with van der Waals surface area (Å²) < 4.78 is 0. The zero-order chi connectivity index (χ0) is 12.3. The first-order valence-electron chi connectivity index (χ1n) is 4.25. The molecule has 1 saturated carbocycles. The number of aliphatic carboxylic acids is 1. The van der Waals surface area contributed by atoms with E-state index in [1.54, 1.807) is 0 Å². The molecule has 0 bridgehead atoms. The minimum atomic E-state index is -1.22. The van der Waals surface area contributed by atoms with Crippen molar-refractivity contribution in [2.75, 3.05) is 0 Å². The normalized spacial score (nSPS) is 28.4. The third-order valence-corrected chi connectivity index (χ3v) is 2.24. The van der Waals surface area contributed by atoms with Crippen LogP contribution in [-0.2, 0) is 14.5 Å². The van der Waals surface area contributed by atoms with Crippen LogP contribution in [0.5, 0.6) is 0 Å². The van der Waals surface area contributed by atoms with Crippen molar-refractivity contribution >= 4 is 5.97 Å². The molecule has 1 rings (SSSR count). The highest BCUT2D eigenvalue weighted by atomic mass is 17.0. The lowest BCUT2D eigenvalue weighted by Crippen LogP contribution is -2.30. The van der Waals surface area contributed by atoms with Gasteiger partial charge in [0.25, 0.3) is 10.2 Å². The van der Waals surface area contributed by atoms with Crippen LogP contribution in [-0.4, -0.2) is 33.5 Å². The van der Waals surface area contributed by atoms with Gasteiger partial charge in [0.2, 0.25) is 0 Å². The van der Waals surface area contributed by atoms with Gasteiger partial charge in [0, 0.05) is 0 Å². The van der Waals surface area contributed by atoms with Crippen LogP contribution < -0.4 is 0 Å². The second-order valence-corrected chi connectivity index (χ2v) is 3.24. The van der Waals surface area contributed by atoms with Crippen LogP contribution in [0, 0.1) is 26.1 Å². The summed E-state index contributed by atoms with van der Waals surface area (Å²) in [5, 5.41) is 26.6. The van der Waals surface area contributed by atoms with E-state index in [9.17, 15) is 25.0 Å². The minimum absolute atomic E-state index is 0.186. The summed E-state index contributed by atoms with van der Waals surface area (Å²) in [4.78, 5) is 39.0. The van der Waals surface area contributed by atoms with Gasteiger partial charge in [0.1, 0.15) is 12.2 Å². The number of carboxylic acid groups (broad SMARTS) is 1. The Balaban J connectivity index is 2.66. The Kier molecular flexibility index (Phi) is 3.43. The fraction of sp³-hybridized carbons (Fsp3) is 0.833. The van der Waals surface area contributed by atoms with Gasteiger partial charge in [-0.3, -0.25) is 4.79 Å². The second-order valence-electron chi connectivity index (χ2n) is 3.24. The molecule has 0 aromatic rings. The fourth-order valence-electron chi connectivity index (χ4n) is 1.61. The van der Waals surface area contributed by atoms with E-state index in [4.69, 9.17) is 5.11 Å². The minimum Gasteiger partial charge on any atom is -0.481 e. The van der Waals surface area contributed by atoms with Crippen molar-refractivity contribution in [1.82, 2.24) is 0 Å². The van der Waals surface area contributed by atoms with E-state index in [-0.39, 0.29) is 12.8 Å². The lowest BCUT2D eigenvalue weighted by molar-refractivity contribution is -0.797. The lowest BCUT2D eigenvalue weighted by Gasteiger charge is -2.14. The molecular formula is C6H8N2O8. The van der Waals surface area contributed by atoms with Gasteiger partial charge < -0.3 is 14.8 Å². The molecule has 2 atom stereocenters. The highest BCUT2D eigenvalue weighted by Gasteiger charge is 2.42. The van der Waals surface area contributed by atoms with Gasteiger partial charge >= 0.3 is 5.97 Å².